The van der Waals surface area contributed by atoms with Gasteiger partial charge in [0.25, 0.3) is 0 Å². The van der Waals surface area contributed by atoms with E-state index in [-0.39, 0.29) is 13.2 Å². The van der Waals surface area contributed by atoms with Crippen molar-refractivity contribution in [3.8, 4) is 23.0 Å². The first-order chi connectivity index (χ1) is 14.4. The Kier molecular flexibility index (Phi) is 8.31. The van der Waals surface area contributed by atoms with Gasteiger partial charge < -0.3 is 29.2 Å². The van der Waals surface area contributed by atoms with Gasteiger partial charge >= 0.3 is 11.9 Å². The number of hydrogen-bond donors (Lipinski definition) is 2. The predicted molar refractivity (Wildman–Crippen MR) is 110 cm³/mol. The summed E-state index contributed by atoms with van der Waals surface area (Å²) in [6.45, 7) is 0.363. The van der Waals surface area contributed by atoms with Crippen molar-refractivity contribution in [2.24, 2.45) is 0 Å². The van der Waals surface area contributed by atoms with E-state index in [0.717, 1.165) is 12.2 Å². The van der Waals surface area contributed by atoms with Crippen LogP contribution in [0.1, 0.15) is 11.1 Å². The lowest BCUT2D eigenvalue weighted by Gasteiger charge is -2.14. The third-order valence-electron chi connectivity index (χ3n) is 3.81. The number of carboxylic acids is 2. The van der Waals surface area contributed by atoms with Gasteiger partial charge in [0.2, 0.25) is 0 Å². The lowest BCUT2D eigenvalue weighted by molar-refractivity contribution is -0.132. The number of rotatable bonds is 11. The molecule has 0 aliphatic rings. The lowest BCUT2D eigenvalue weighted by Crippen LogP contribution is -2.10. The molecule has 0 aliphatic carbocycles. The van der Waals surface area contributed by atoms with Gasteiger partial charge in [-0.05, 0) is 47.5 Å². The van der Waals surface area contributed by atoms with E-state index in [4.69, 9.17) is 29.2 Å². The molecule has 0 bridgehead atoms. The molecular formula is C22H22O8. The van der Waals surface area contributed by atoms with Crippen molar-refractivity contribution in [1.82, 2.24) is 0 Å². The number of benzene rings is 2. The van der Waals surface area contributed by atoms with Crippen LogP contribution >= 0.6 is 0 Å². The molecule has 0 aromatic heterocycles. The average Bonchev–Trinajstić information content (AvgIpc) is 2.73. The topological polar surface area (TPSA) is 112 Å². The first-order valence-electron chi connectivity index (χ1n) is 8.86. The Morgan fingerprint density at radius 2 is 1.13 bits per heavy atom. The van der Waals surface area contributed by atoms with E-state index in [2.05, 4.69) is 0 Å². The van der Waals surface area contributed by atoms with Crippen LogP contribution in [0.25, 0.3) is 12.2 Å². The fourth-order valence-electron chi connectivity index (χ4n) is 2.46. The van der Waals surface area contributed by atoms with Crippen molar-refractivity contribution in [3.63, 3.8) is 0 Å². The molecule has 0 atom stereocenters. The zero-order chi connectivity index (χ0) is 21.9. The Bertz CT molecular complexity index is 869. The summed E-state index contributed by atoms with van der Waals surface area (Å²) >= 11 is 0. The summed E-state index contributed by atoms with van der Waals surface area (Å²) in [5, 5.41) is 17.5. The zero-order valence-corrected chi connectivity index (χ0v) is 16.5. The van der Waals surface area contributed by atoms with Crippen LogP contribution in [0.3, 0.4) is 0 Å². The molecule has 8 heteroatoms. The number of carboxylic acid groups (broad SMARTS) is 2. The van der Waals surface area contributed by atoms with Gasteiger partial charge in [-0.2, -0.15) is 0 Å². The van der Waals surface area contributed by atoms with Gasteiger partial charge in [-0.15, -0.1) is 0 Å². The lowest BCUT2D eigenvalue weighted by atomic mass is 10.2. The normalized spacial score (nSPS) is 10.9. The third-order valence-corrected chi connectivity index (χ3v) is 3.81. The fourth-order valence-corrected chi connectivity index (χ4v) is 2.46. The molecular weight excluding hydrogens is 392 g/mol. The first-order valence-corrected chi connectivity index (χ1v) is 8.86. The van der Waals surface area contributed by atoms with Crippen LogP contribution in [-0.2, 0) is 9.59 Å². The average molecular weight is 414 g/mol. The van der Waals surface area contributed by atoms with E-state index in [1.54, 1.807) is 36.4 Å². The second-order valence-electron chi connectivity index (χ2n) is 5.86. The number of methoxy groups -OCH3 is 2. The Balaban J connectivity index is 2.03. The molecule has 0 spiro atoms. The SMILES string of the molecule is COc1ccc(/C=C/C(=O)O)cc1OCCOc1cc(/C=C/C(=O)O)ccc1OC. The Morgan fingerprint density at radius 3 is 1.47 bits per heavy atom. The molecule has 0 aliphatic heterocycles. The van der Waals surface area contributed by atoms with E-state index < -0.39 is 11.9 Å². The van der Waals surface area contributed by atoms with Crippen molar-refractivity contribution >= 4 is 24.1 Å². The van der Waals surface area contributed by atoms with Crippen molar-refractivity contribution in [1.29, 1.82) is 0 Å². The van der Waals surface area contributed by atoms with Crippen LogP contribution in [0, 0.1) is 0 Å². The van der Waals surface area contributed by atoms with Crippen molar-refractivity contribution in [3.05, 3.63) is 59.7 Å². The maximum absolute atomic E-state index is 10.7. The van der Waals surface area contributed by atoms with Gasteiger partial charge in [-0.3, -0.25) is 0 Å². The largest absolute Gasteiger partial charge is 0.493 e. The highest BCUT2D eigenvalue weighted by molar-refractivity contribution is 5.86. The third kappa shape index (κ3) is 6.90. The minimum atomic E-state index is -1.05. The highest BCUT2D eigenvalue weighted by Gasteiger charge is 2.08. The van der Waals surface area contributed by atoms with E-state index >= 15 is 0 Å². The molecule has 2 aromatic carbocycles. The molecule has 2 aromatic rings. The molecule has 0 amide bonds. The van der Waals surface area contributed by atoms with Gasteiger partial charge in [0.15, 0.2) is 23.0 Å². The number of hydrogen-bond acceptors (Lipinski definition) is 6. The maximum Gasteiger partial charge on any atom is 0.328 e. The van der Waals surface area contributed by atoms with Crippen LogP contribution < -0.4 is 18.9 Å². The number of ether oxygens (including phenoxy) is 4. The summed E-state index contributed by atoms with van der Waals surface area (Å²) < 4.78 is 21.9. The molecule has 0 heterocycles. The van der Waals surface area contributed by atoms with Gasteiger partial charge in [-0.1, -0.05) is 12.1 Å². The van der Waals surface area contributed by atoms with Crippen LogP contribution in [0.5, 0.6) is 23.0 Å². The van der Waals surface area contributed by atoms with Crippen molar-refractivity contribution in [2.75, 3.05) is 27.4 Å². The minimum Gasteiger partial charge on any atom is -0.493 e. The minimum absolute atomic E-state index is 0.181. The van der Waals surface area contributed by atoms with Gasteiger partial charge in [0, 0.05) is 12.2 Å². The molecule has 0 saturated heterocycles. The van der Waals surface area contributed by atoms with Gasteiger partial charge in [0.1, 0.15) is 13.2 Å². The zero-order valence-electron chi connectivity index (χ0n) is 16.5. The molecule has 8 nitrogen and oxygen atoms in total. The number of aliphatic carboxylic acids is 2. The summed E-state index contributed by atoms with van der Waals surface area (Å²) in [6.07, 6.45) is 4.97. The maximum atomic E-state index is 10.7. The molecule has 0 radical (unpaired) electrons. The molecule has 0 unspecified atom stereocenters. The Labute approximate surface area is 173 Å². The van der Waals surface area contributed by atoms with Gasteiger partial charge in [0.05, 0.1) is 14.2 Å². The number of carbonyl (C=O) groups is 2. The summed E-state index contributed by atoms with van der Waals surface area (Å²) in [5.74, 6) is -0.202. The van der Waals surface area contributed by atoms with Crippen LogP contribution in [-0.4, -0.2) is 49.6 Å². The Morgan fingerprint density at radius 1 is 0.733 bits per heavy atom. The molecule has 2 rings (SSSR count). The van der Waals surface area contributed by atoms with Crippen molar-refractivity contribution < 1.29 is 38.7 Å². The van der Waals surface area contributed by atoms with Crippen LogP contribution in [0.15, 0.2) is 48.6 Å². The molecule has 2 N–H and O–H groups in total. The smallest absolute Gasteiger partial charge is 0.328 e. The molecule has 0 fully saturated rings. The highest BCUT2D eigenvalue weighted by atomic mass is 16.5. The summed E-state index contributed by atoms with van der Waals surface area (Å²) in [4.78, 5) is 21.3. The van der Waals surface area contributed by atoms with E-state index in [1.807, 2.05) is 0 Å². The van der Waals surface area contributed by atoms with Crippen LogP contribution in [0.4, 0.5) is 0 Å². The molecule has 158 valence electrons. The van der Waals surface area contributed by atoms with E-state index in [0.29, 0.717) is 34.1 Å². The standard InChI is InChI=1S/C22H22O8/c1-27-17-7-3-15(5-9-21(23)24)13-19(17)29-11-12-30-20-14-16(6-10-22(25)26)4-8-18(20)28-2/h3-10,13-14H,11-12H2,1-2H3,(H,23,24)(H,25,26)/b9-5+,10-6+. The summed E-state index contributed by atoms with van der Waals surface area (Å²) in [5.41, 5.74) is 1.29. The first kappa shape index (κ1) is 22.4. The summed E-state index contributed by atoms with van der Waals surface area (Å²) in [6, 6.07) is 10.1. The second-order valence-corrected chi connectivity index (χ2v) is 5.86. The van der Waals surface area contributed by atoms with E-state index in [1.165, 1.54) is 26.4 Å². The van der Waals surface area contributed by atoms with E-state index in [9.17, 15) is 9.59 Å². The van der Waals surface area contributed by atoms with Gasteiger partial charge in [-0.25, -0.2) is 9.59 Å². The van der Waals surface area contributed by atoms with Crippen LogP contribution in [0.2, 0.25) is 0 Å². The summed E-state index contributed by atoms with van der Waals surface area (Å²) in [7, 11) is 3.01. The van der Waals surface area contributed by atoms with Crippen molar-refractivity contribution in [2.45, 2.75) is 0 Å². The second kappa shape index (κ2) is 11.2. The fraction of sp³-hybridized carbons (Fsp3) is 0.182. The quantitative estimate of drug-likeness (QED) is 0.425. The highest BCUT2D eigenvalue weighted by Crippen LogP contribution is 2.30. The predicted octanol–water partition coefficient (Wildman–Crippen LogP) is 3.36. The molecule has 0 saturated carbocycles. The monoisotopic (exact) mass is 414 g/mol. The Hall–Kier alpha value is -3.94. The molecule has 30 heavy (non-hydrogen) atoms.